The minimum atomic E-state index is 0.379. The molecule has 0 aliphatic carbocycles. The number of nitrogens with zero attached hydrogens (tertiary/aromatic N) is 4. The molecule has 33 heavy (non-hydrogen) atoms. The second kappa shape index (κ2) is 10.6. The molecule has 4 rings (SSSR count). The highest BCUT2D eigenvalue weighted by Crippen LogP contribution is 2.38. The molecule has 0 N–H and O–H groups in total. The molecule has 0 saturated carbocycles. The number of halogens is 3. The number of aromatic nitrogens is 4. The fourth-order valence-corrected chi connectivity index (χ4v) is 5.39. The number of benzene rings is 2. The van der Waals surface area contributed by atoms with Gasteiger partial charge in [-0.2, -0.15) is 0 Å². The van der Waals surface area contributed by atoms with Gasteiger partial charge in [0.2, 0.25) is 0 Å². The molecule has 4 aromatic rings. The molecule has 0 saturated heterocycles. The van der Waals surface area contributed by atoms with Gasteiger partial charge in [-0.1, -0.05) is 79.8 Å². The smallest absolute Gasteiger partial charge is 0.168 e. The van der Waals surface area contributed by atoms with Crippen LogP contribution >= 0.6 is 46.1 Å². The predicted molar refractivity (Wildman–Crippen MR) is 140 cm³/mol. The van der Waals surface area contributed by atoms with E-state index in [0.29, 0.717) is 21.0 Å². The van der Waals surface area contributed by atoms with Crippen molar-refractivity contribution in [2.24, 2.45) is 0 Å². The minimum Gasteiger partial charge on any atom is -0.296 e. The summed E-state index contributed by atoms with van der Waals surface area (Å²) in [7, 11) is 0. The van der Waals surface area contributed by atoms with Crippen molar-refractivity contribution in [2.75, 3.05) is 0 Å². The van der Waals surface area contributed by atoms with Gasteiger partial charge < -0.3 is 0 Å². The maximum atomic E-state index is 6.61. The second-order valence-corrected chi connectivity index (χ2v) is 10.3. The van der Waals surface area contributed by atoms with Crippen molar-refractivity contribution in [1.82, 2.24) is 19.7 Å². The third-order valence-electron chi connectivity index (χ3n) is 5.62. The maximum Gasteiger partial charge on any atom is 0.168 e. The largest absolute Gasteiger partial charge is 0.296 e. The van der Waals surface area contributed by atoms with E-state index in [1.165, 1.54) is 12.8 Å². The number of unbranched alkanes of at least 4 members (excludes halogenated alkanes) is 1. The molecule has 2 aromatic heterocycles. The molecular formula is C25H25Cl3N4S. The van der Waals surface area contributed by atoms with E-state index in [2.05, 4.69) is 35.5 Å². The standard InChI is InChI=1S/C25H25Cl3N4S/c1-4-6-7-15(3)24-30-31-25(33-24)22-21(5-2)32(18-11-8-16(26)9-12-18)23(29-22)19-13-10-17(27)14-20(19)28/h8-15H,4-7H2,1-3H3. The van der Waals surface area contributed by atoms with Crippen molar-refractivity contribution in [2.45, 2.75) is 52.4 Å². The number of hydrogen-bond donors (Lipinski definition) is 0. The Morgan fingerprint density at radius 2 is 1.70 bits per heavy atom. The van der Waals surface area contributed by atoms with Crippen molar-refractivity contribution < 1.29 is 0 Å². The first-order valence-electron chi connectivity index (χ1n) is 11.1. The van der Waals surface area contributed by atoms with Crippen molar-refractivity contribution in [3.8, 4) is 27.8 Å². The van der Waals surface area contributed by atoms with E-state index in [1.807, 2.05) is 36.4 Å². The third kappa shape index (κ3) is 5.12. The quantitative estimate of drug-likeness (QED) is 0.233. The van der Waals surface area contributed by atoms with Gasteiger partial charge in [-0.3, -0.25) is 4.57 Å². The molecule has 0 aliphatic heterocycles. The zero-order valence-electron chi connectivity index (χ0n) is 18.8. The van der Waals surface area contributed by atoms with Gasteiger partial charge in [0.15, 0.2) is 5.01 Å². The fourth-order valence-electron chi connectivity index (χ4n) is 3.83. The number of hydrogen-bond acceptors (Lipinski definition) is 4. The Balaban J connectivity index is 1.89. The van der Waals surface area contributed by atoms with E-state index in [4.69, 9.17) is 39.8 Å². The SMILES string of the molecule is CCCCC(C)c1nnc(-c2nc(-c3ccc(Cl)cc3Cl)n(-c3ccc(Cl)cc3)c2CC)s1. The fraction of sp³-hybridized carbons (Fsp3) is 0.320. The van der Waals surface area contributed by atoms with E-state index in [0.717, 1.165) is 51.3 Å². The number of rotatable bonds is 8. The van der Waals surface area contributed by atoms with Gasteiger partial charge in [-0.25, -0.2) is 4.98 Å². The summed E-state index contributed by atoms with van der Waals surface area (Å²) in [6.45, 7) is 6.54. The summed E-state index contributed by atoms with van der Waals surface area (Å²) >= 11 is 20.6. The van der Waals surface area contributed by atoms with Crippen LogP contribution in [0, 0.1) is 0 Å². The summed E-state index contributed by atoms with van der Waals surface area (Å²) < 4.78 is 2.13. The molecule has 4 nitrogen and oxygen atoms in total. The van der Waals surface area contributed by atoms with Crippen LogP contribution in [0.2, 0.25) is 15.1 Å². The molecule has 1 atom stereocenters. The van der Waals surface area contributed by atoms with Gasteiger partial charge in [-0.15, -0.1) is 10.2 Å². The lowest BCUT2D eigenvalue weighted by Gasteiger charge is -2.13. The minimum absolute atomic E-state index is 0.379. The average Bonchev–Trinajstić information content (AvgIpc) is 3.43. The molecule has 0 radical (unpaired) electrons. The lowest BCUT2D eigenvalue weighted by molar-refractivity contribution is 0.616. The molecule has 8 heteroatoms. The monoisotopic (exact) mass is 518 g/mol. The Labute approximate surface area is 213 Å². The van der Waals surface area contributed by atoms with E-state index in [-0.39, 0.29) is 0 Å². The Kier molecular flexibility index (Phi) is 7.75. The van der Waals surface area contributed by atoms with Crippen molar-refractivity contribution in [3.05, 3.63) is 68.2 Å². The van der Waals surface area contributed by atoms with Crippen molar-refractivity contribution in [3.63, 3.8) is 0 Å². The van der Waals surface area contributed by atoms with Crippen LogP contribution in [0.3, 0.4) is 0 Å². The van der Waals surface area contributed by atoms with Crippen molar-refractivity contribution in [1.29, 1.82) is 0 Å². The third-order valence-corrected chi connectivity index (χ3v) is 7.58. The summed E-state index contributed by atoms with van der Waals surface area (Å²) in [4.78, 5) is 5.06. The Hall–Kier alpha value is -1.92. The topological polar surface area (TPSA) is 43.6 Å². The van der Waals surface area contributed by atoms with Gasteiger partial charge in [0.25, 0.3) is 0 Å². The van der Waals surface area contributed by atoms with Crippen LogP contribution in [0.4, 0.5) is 0 Å². The maximum absolute atomic E-state index is 6.61. The average molecular weight is 520 g/mol. The van der Waals surface area contributed by atoms with Crippen LogP contribution in [0.1, 0.15) is 56.7 Å². The van der Waals surface area contributed by atoms with E-state index >= 15 is 0 Å². The number of imidazole rings is 1. The summed E-state index contributed by atoms with van der Waals surface area (Å²) in [6, 6.07) is 13.2. The summed E-state index contributed by atoms with van der Waals surface area (Å²) in [6.07, 6.45) is 4.22. The molecule has 1 unspecified atom stereocenters. The molecular weight excluding hydrogens is 495 g/mol. The van der Waals surface area contributed by atoms with Gasteiger partial charge in [0.1, 0.15) is 16.5 Å². The highest BCUT2D eigenvalue weighted by Gasteiger charge is 2.24. The van der Waals surface area contributed by atoms with Crippen LogP contribution in [-0.4, -0.2) is 19.7 Å². The predicted octanol–water partition coefficient (Wildman–Crippen LogP) is 8.87. The van der Waals surface area contributed by atoms with E-state index < -0.39 is 0 Å². The van der Waals surface area contributed by atoms with Crippen LogP contribution in [0.15, 0.2) is 42.5 Å². The second-order valence-electron chi connectivity index (χ2n) is 8.01. The first-order chi connectivity index (χ1) is 15.9. The molecule has 172 valence electrons. The molecule has 0 spiro atoms. The lowest BCUT2D eigenvalue weighted by Crippen LogP contribution is -2.02. The van der Waals surface area contributed by atoms with Crippen LogP contribution < -0.4 is 0 Å². The zero-order valence-corrected chi connectivity index (χ0v) is 21.9. The Bertz CT molecular complexity index is 1250. The molecule has 0 fully saturated rings. The molecule has 2 heterocycles. The summed E-state index contributed by atoms with van der Waals surface area (Å²) in [5, 5.41) is 12.7. The van der Waals surface area contributed by atoms with Gasteiger partial charge >= 0.3 is 0 Å². The van der Waals surface area contributed by atoms with Gasteiger partial charge in [0.05, 0.1) is 10.7 Å². The first-order valence-corrected chi connectivity index (χ1v) is 13.0. The lowest BCUT2D eigenvalue weighted by atomic mass is 10.1. The van der Waals surface area contributed by atoms with Crippen LogP contribution in [0.5, 0.6) is 0 Å². The normalized spacial score (nSPS) is 12.3. The van der Waals surface area contributed by atoms with E-state index in [9.17, 15) is 0 Å². The highest BCUT2D eigenvalue weighted by molar-refractivity contribution is 7.14. The molecule has 0 amide bonds. The van der Waals surface area contributed by atoms with Crippen LogP contribution in [0.25, 0.3) is 27.8 Å². The molecule has 2 aromatic carbocycles. The Morgan fingerprint density at radius 3 is 2.36 bits per heavy atom. The Morgan fingerprint density at radius 1 is 0.970 bits per heavy atom. The summed E-state index contributed by atoms with van der Waals surface area (Å²) in [5.74, 6) is 1.12. The van der Waals surface area contributed by atoms with Crippen LogP contribution in [-0.2, 0) is 6.42 Å². The summed E-state index contributed by atoms with van der Waals surface area (Å²) in [5.41, 5.74) is 3.64. The highest BCUT2D eigenvalue weighted by atomic mass is 35.5. The first kappa shape index (κ1) is 24.2. The molecule has 0 bridgehead atoms. The zero-order chi connectivity index (χ0) is 23.5. The molecule has 0 aliphatic rings. The van der Waals surface area contributed by atoms with Gasteiger partial charge in [0, 0.05) is 27.2 Å². The van der Waals surface area contributed by atoms with E-state index in [1.54, 1.807) is 17.4 Å². The van der Waals surface area contributed by atoms with Gasteiger partial charge in [-0.05, 0) is 55.3 Å². The van der Waals surface area contributed by atoms with Crippen molar-refractivity contribution >= 4 is 46.1 Å².